The lowest BCUT2D eigenvalue weighted by Gasteiger charge is -2.36. The number of anilines is 1. The molecule has 1 aliphatic heterocycles. The molecule has 0 radical (unpaired) electrons. The summed E-state index contributed by atoms with van der Waals surface area (Å²) in [6, 6.07) is 13.6. The molecule has 1 aromatic heterocycles. The molecule has 1 N–H and O–H groups in total. The molecule has 0 atom stereocenters. The van der Waals surface area contributed by atoms with Crippen LogP contribution in [0, 0.1) is 6.92 Å². The Balaban J connectivity index is 1.86. The zero-order valence-electron chi connectivity index (χ0n) is 14.7. The molecule has 0 aliphatic carbocycles. The Morgan fingerprint density at radius 3 is 2.56 bits per heavy atom. The van der Waals surface area contributed by atoms with Crippen LogP contribution in [0.2, 0.25) is 0 Å². The summed E-state index contributed by atoms with van der Waals surface area (Å²) >= 11 is 0. The molecule has 0 bridgehead atoms. The molecule has 0 saturated carbocycles. The smallest absolute Gasteiger partial charge is 0.235 e. The van der Waals surface area contributed by atoms with E-state index < -0.39 is 5.41 Å². The zero-order chi connectivity index (χ0) is 17.7. The van der Waals surface area contributed by atoms with Crippen LogP contribution >= 0.6 is 0 Å². The van der Waals surface area contributed by atoms with Crippen LogP contribution in [0.15, 0.2) is 42.5 Å². The van der Waals surface area contributed by atoms with Gasteiger partial charge in [0.15, 0.2) is 0 Å². The van der Waals surface area contributed by atoms with Crippen molar-refractivity contribution in [3.63, 3.8) is 0 Å². The fraction of sp³-hybridized carbons (Fsp3) is 0.400. The van der Waals surface area contributed by atoms with E-state index in [0.717, 1.165) is 16.9 Å². The Bertz CT molecular complexity index is 725. The number of nitrogens with one attached hydrogen (secondary N) is 1. The summed E-state index contributed by atoms with van der Waals surface area (Å²) in [5, 5.41) is 3.08. The number of aromatic nitrogens is 1. The van der Waals surface area contributed by atoms with E-state index in [1.807, 2.05) is 50.2 Å². The molecule has 0 unspecified atom stereocenters. The predicted octanol–water partition coefficient (Wildman–Crippen LogP) is 3.48. The number of pyridine rings is 1. The summed E-state index contributed by atoms with van der Waals surface area (Å²) in [5.41, 5.74) is 1.93. The Kier molecular flexibility index (Phi) is 5.34. The van der Waals surface area contributed by atoms with E-state index in [4.69, 9.17) is 9.47 Å². The summed E-state index contributed by atoms with van der Waals surface area (Å²) in [6.07, 6.45) is 1.35. The Labute approximate surface area is 148 Å². The van der Waals surface area contributed by atoms with Crippen molar-refractivity contribution < 1.29 is 14.3 Å². The third-order valence-electron chi connectivity index (χ3n) is 4.71. The molecule has 2 heterocycles. The Morgan fingerprint density at radius 2 is 1.92 bits per heavy atom. The average Bonchev–Trinajstić information content (AvgIpc) is 2.65. The maximum absolute atomic E-state index is 13.2. The molecule has 1 saturated heterocycles. The monoisotopic (exact) mass is 340 g/mol. The summed E-state index contributed by atoms with van der Waals surface area (Å²) in [6.45, 7) is 5.53. The highest BCUT2D eigenvalue weighted by Gasteiger charge is 2.41. The molecule has 5 nitrogen and oxygen atoms in total. The van der Waals surface area contributed by atoms with E-state index in [1.54, 1.807) is 6.07 Å². The van der Waals surface area contributed by atoms with Gasteiger partial charge in [-0.3, -0.25) is 4.79 Å². The van der Waals surface area contributed by atoms with E-state index in [-0.39, 0.29) is 5.91 Å². The molecule has 0 spiro atoms. The first kappa shape index (κ1) is 17.4. The molecule has 25 heavy (non-hydrogen) atoms. The average molecular weight is 340 g/mol. The fourth-order valence-electron chi connectivity index (χ4n) is 3.26. The molecule has 2 aromatic rings. The minimum atomic E-state index is -0.565. The number of ether oxygens (including phenoxy) is 2. The van der Waals surface area contributed by atoms with Gasteiger partial charge in [-0.25, -0.2) is 4.98 Å². The molecule has 5 heteroatoms. The number of aryl methyl sites for hydroxylation is 1. The van der Waals surface area contributed by atoms with E-state index in [2.05, 4.69) is 10.3 Å². The standard InChI is InChI=1S/C20H24N2O3/c1-3-25-18-10-9-17(15(2)21-18)22-19(23)20(11-13-24-14-12-20)16-7-5-4-6-8-16/h4-10H,3,11-14H2,1-2H3,(H,22,23). The largest absolute Gasteiger partial charge is 0.478 e. The first-order valence-electron chi connectivity index (χ1n) is 8.71. The van der Waals surface area contributed by atoms with Crippen molar-refractivity contribution in [1.82, 2.24) is 4.98 Å². The van der Waals surface area contributed by atoms with Crippen LogP contribution in [0.3, 0.4) is 0 Å². The lowest BCUT2D eigenvalue weighted by molar-refractivity contribution is -0.125. The molecule has 1 fully saturated rings. The van der Waals surface area contributed by atoms with E-state index in [9.17, 15) is 4.79 Å². The molecular formula is C20H24N2O3. The highest BCUT2D eigenvalue weighted by Crippen LogP contribution is 2.36. The van der Waals surface area contributed by atoms with Crippen LogP contribution in [0.4, 0.5) is 5.69 Å². The van der Waals surface area contributed by atoms with Crippen molar-refractivity contribution in [1.29, 1.82) is 0 Å². The molecule has 3 rings (SSSR count). The third kappa shape index (κ3) is 3.66. The molecule has 1 aromatic carbocycles. The second-order valence-corrected chi connectivity index (χ2v) is 6.23. The lowest BCUT2D eigenvalue weighted by Crippen LogP contribution is -2.45. The van der Waals surface area contributed by atoms with Gasteiger partial charge in [-0.1, -0.05) is 30.3 Å². The zero-order valence-corrected chi connectivity index (χ0v) is 14.7. The summed E-state index contributed by atoms with van der Waals surface area (Å²) in [4.78, 5) is 17.6. The second kappa shape index (κ2) is 7.66. The Morgan fingerprint density at radius 1 is 1.20 bits per heavy atom. The minimum Gasteiger partial charge on any atom is -0.478 e. The number of carbonyl (C=O) groups is 1. The Hall–Kier alpha value is -2.40. The number of hydrogen-bond donors (Lipinski definition) is 1. The fourth-order valence-corrected chi connectivity index (χ4v) is 3.26. The van der Waals surface area contributed by atoms with Crippen molar-refractivity contribution in [2.75, 3.05) is 25.1 Å². The van der Waals surface area contributed by atoms with Crippen LogP contribution < -0.4 is 10.1 Å². The van der Waals surface area contributed by atoms with Gasteiger partial charge < -0.3 is 14.8 Å². The number of benzene rings is 1. The third-order valence-corrected chi connectivity index (χ3v) is 4.71. The van der Waals surface area contributed by atoms with E-state index in [1.165, 1.54) is 0 Å². The van der Waals surface area contributed by atoms with Gasteiger partial charge >= 0.3 is 0 Å². The first-order chi connectivity index (χ1) is 12.2. The number of rotatable bonds is 5. The van der Waals surface area contributed by atoms with Gasteiger partial charge in [0.2, 0.25) is 11.8 Å². The number of amides is 1. The lowest BCUT2D eigenvalue weighted by atomic mass is 9.73. The summed E-state index contributed by atoms with van der Waals surface area (Å²) < 4.78 is 10.9. The number of nitrogens with zero attached hydrogens (tertiary/aromatic N) is 1. The maximum Gasteiger partial charge on any atom is 0.235 e. The molecule has 1 aliphatic rings. The van der Waals surface area contributed by atoms with Gasteiger partial charge in [0.25, 0.3) is 0 Å². The van der Waals surface area contributed by atoms with Crippen LogP contribution in [0.25, 0.3) is 0 Å². The summed E-state index contributed by atoms with van der Waals surface area (Å²) in [5.74, 6) is 0.567. The molecular weight excluding hydrogens is 316 g/mol. The van der Waals surface area contributed by atoms with Gasteiger partial charge in [0, 0.05) is 19.3 Å². The van der Waals surface area contributed by atoms with Gasteiger partial charge in [-0.05, 0) is 38.3 Å². The number of hydrogen-bond acceptors (Lipinski definition) is 4. The number of carbonyl (C=O) groups excluding carboxylic acids is 1. The van der Waals surface area contributed by atoms with Gasteiger partial charge in [0.1, 0.15) is 0 Å². The van der Waals surface area contributed by atoms with Gasteiger partial charge in [-0.15, -0.1) is 0 Å². The quantitative estimate of drug-likeness (QED) is 0.905. The highest BCUT2D eigenvalue weighted by molar-refractivity contribution is 5.99. The van der Waals surface area contributed by atoms with Crippen molar-refractivity contribution in [2.45, 2.75) is 32.1 Å². The van der Waals surface area contributed by atoms with Crippen LogP contribution in [-0.4, -0.2) is 30.7 Å². The SMILES string of the molecule is CCOc1ccc(NC(=O)C2(c3ccccc3)CCOCC2)c(C)n1. The van der Waals surface area contributed by atoms with E-state index in [0.29, 0.717) is 38.5 Å². The maximum atomic E-state index is 13.2. The predicted molar refractivity (Wildman–Crippen MR) is 96.9 cm³/mol. The van der Waals surface area contributed by atoms with Crippen molar-refractivity contribution in [3.05, 3.63) is 53.7 Å². The van der Waals surface area contributed by atoms with Gasteiger partial charge in [0.05, 0.1) is 23.4 Å². The van der Waals surface area contributed by atoms with Gasteiger partial charge in [-0.2, -0.15) is 0 Å². The summed E-state index contributed by atoms with van der Waals surface area (Å²) in [7, 11) is 0. The van der Waals surface area contributed by atoms with Crippen molar-refractivity contribution in [3.8, 4) is 5.88 Å². The second-order valence-electron chi connectivity index (χ2n) is 6.23. The van der Waals surface area contributed by atoms with Crippen molar-refractivity contribution >= 4 is 11.6 Å². The molecule has 1 amide bonds. The highest BCUT2D eigenvalue weighted by atomic mass is 16.5. The van der Waals surface area contributed by atoms with Crippen LogP contribution in [0.1, 0.15) is 31.0 Å². The molecule has 132 valence electrons. The minimum absolute atomic E-state index is 0.00365. The van der Waals surface area contributed by atoms with Crippen LogP contribution in [0.5, 0.6) is 5.88 Å². The van der Waals surface area contributed by atoms with E-state index >= 15 is 0 Å². The normalized spacial score (nSPS) is 16.2. The topological polar surface area (TPSA) is 60.5 Å². The van der Waals surface area contributed by atoms with Crippen LogP contribution in [-0.2, 0) is 14.9 Å². The van der Waals surface area contributed by atoms with Crippen molar-refractivity contribution in [2.24, 2.45) is 0 Å². The first-order valence-corrected chi connectivity index (χ1v) is 8.71.